The van der Waals surface area contributed by atoms with Crippen LogP contribution < -0.4 is 10.5 Å². The smallest absolute Gasteiger partial charge is 0.253 e. The maximum atomic E-state index is 13.6. The lowest BCUT2D eigenvalue weighted by atomic mass is 9.90. The number of halogens is 2. The molecule has 1 unspecified atom stereocenters. The maximum absolute atomic E-state index is 13.6. The highest BCUT2D eigenvalue weighted by atomic mass is 35.5. The van der Waals surface area contributed by atoms with Gasteiger partial charge in [-0.2, -0.15) is 0 Å². The lowest BCUT2D eigenvalue weighted by Crippen LogP contribution is -2.42. The number of likely N-dealkylation sites (tertiary alicyclic amines) is 1. The van der Waals surface area contributed by atoms with E-state index in [4.69, 9.17) is 10.5 Å². The third kappa shape index (κ3) is 4.08. The van der Waals surface area contributed by atoms with Crippen LogP contribution in [0.3, 0.4) is 0 Å². The Labute approximate surface area is 130 Å². The van der Waals surface area contributed by atoms with E-state index in [9.17, 15) is 9.18 Å². The van der Waals surface area contributed by atoms with Gasteiger partial charge < -0.3 is 15.4 Å². The van der Waals surface area contributed by atoms with Gasteiger partial charge in [0.2, 0.25) is 0 Å². The van der Waals surface area contributed by atoms with Crippen molar-refractivity contribution < 1.29 is 13.9 Å². The van der Waals surface area contributed by atoms with Crippen molar-refractivity contribution in [1.29, 1.82) is 0 Å². The number of ether oxygens (including phenoxy) is 1. The number of carbonyl (C=O) groups excluding carboxylic acids is 1. The second-order valence-corrected chi connectivity index (χ2v) is 5.34. The largest absolute Gasteiger partial charge is 0.494 e. The van der Waals surface area contributed by atoms with E-state index < -0.39 is 5.82 Å². The number of nitrogens with two attached hydrogens (primary N) is 1. The highest BCUT2D eigenvalue weighted by molar-refractivity contribution is 5.94. The van der Waals surface area contributed by atoms with Gasteiger partial charge in [-0.15, -0.1) is 12.4 Å². The normalized spacial score (nSPS) is 17.0. The lowest BCUT2D eigenvalue weighted by Gasteiger charge is -2.33. The van der Waals surface area contributed by atoms with Crippen molar-refractivity contribution >= 4 is 18.3 Å². The molecule has 1 aliphatic rings. The van der Waals surface area contributed by atoms with Crippen molar-refractivity contribution in [2.24, 2.45) is 11.7 Å². The molecule has 0 bridgehead atoms. The van der Waals surface area contributed by atoms with Crippen LogP contribution in [0.1, 0.15) is 30.1 Å². The number of benzene rings is 1. The molecule has 1 amide bonds. The third-order valence-corrected chi connectivity index (χ3v) is 3.97. The van der Waals surface area contributed by atoms with Crippen LogP contribution in [0.25, 0.3) is 0 Å². The summed E-state index contributed by atoms with van der Waals surface area (Å²) >= 11 is 0. The Bertz CT molecular complexity index is 489. The van der Waals surface area contributed by atoms with Gasteiger partial charge in [-0.25, -0.2) is 4.39 Å². The summed E-state index contributed by atoms with van der Waals surface area (Å²) in [6, 6.07) is 4.48. The average Bonchev–Trinajstić information content (AvgIpc) is 2.46. The van der Waals surface area contributed by atoms with E-state index in [1.54, 1.807) is 11.0 Å². The Kier molecular flexibility index (Phi) is 6.42. The minimum atomic E-state index is -0.510. The second kappa shape index (κ2) is 7.61. The van der Waals surface area contributed by atoms with Crippen LogP contribution in [0.5, 0.6) is 5.75 Å². The van der Waals surface area contributed by atoms with Crippen LogP contribution in [0.4, 0.5) is 4.39 Å². The molecule has 1 aromatic rings. The Morgan fingerprint density at radius 1 is 1.43 bits per heavy atom. The molecular formula is C15H22ClFN2O2. The number of rotatable bonds is 3. The molecule has 1 aliphatic heterocycles. The van der Waals surface area contributed by atoms with Gasteiger partial charge in [-0.1, -0.05) is 0 Å². The fraction of sp³-hybridized carbons (Fsp3) is 0.533. The van der Waals surface area contributed by atoms with Crippen LogP contribution in [-0.2, 0) is 0 Å². The van der Waals surface area contributed by atoms with Crippen LogP contribution in [-0.4, -0.2) is 37.0 Å². The number of methoxy groups -OCH3 is 1. The van der Waals surface area contributed by atoms with Gasteiger partial charge in [-0.3, -0.25) is 4.79 Å². The fourth-order valence-corrected chi connectivity index (χ4v) is 2.61. The molecule has 2 N–H and O–H groups in total. The SMILES string of the molecule is COc1ccc(C(=O)N2CCC(C(C)N)CC2)cc1F.Cl. The van der Waals surface area contributed by atoms with E-state index in [0.717, 1.165) is 12.8 Å². The molecular weight excluding hydrogens is 295 g/mol. The van der Waals surface area contributed by atoms with E-state index in [-0.39, 0.29) is 30.1 Å². The first-order valence-electron chi connectivity index (χ1n) is 6.91. The number of hydrogen-bond acceptors (Lipinski definition) is 3. The first-order chi connectivity index (χ1) is 9.52. The van der Waals surface area contributed by atoms with E-state index >= 15 is 0 Å². The molecule has 1 atom stereocenters. The summed E-state index contributed by atoms with van der Waals surface area (Å²) in [6.45, 7) is 3.36. The molecule has 0 aromatic heterocycles. The first-order valence-corrected chi connectivity index (χ1v) is 6.91. The number of amides is 1. The Balaban J connectivity index is 0.00000220. The second-order valence-electron chi connectivity index (χ2n) is 5.34. The number of carbonyl (C=O) groups is 1. The van der Waals surface area contributed by atoms with Gasteiger partial charge in [0.25, 0.3) is 5.91 Å². The number of hydrogen-bond donors (Lipinski definition) is 1. The van der Waals surface area contributed by atoms with Crippen LogP contribution >= 0.6 is 12.4 Å². The predicted molar refractivity (Wildman–Crippen MR) is 82.5 cm³/mol. The lowest BCUT2D eigenvalue weighted by molar-refractivity contribution is 0.0680. The van der Waals surface area contributed by atoms with Crippen LogP contribution in [0.15, 0.2) is 18.2 Å². The van der Waals surface area contributed by atoms with E-state index in [2.05, 4.69) is 0 Å². The molecule has 1 fully saturated rings. The zero-order valence-corrected chi connectivity index (χ0v) is 13.2. The molecule has 1 saturated heterocycles. The molecule has 0 aliphatic carbocycles. The summed E-state index contributed by atoms with van der Waals surface area (Å²) in [5, 5.41) is 0. The Morgan fingerprint density at radius 3 is 2.52 bits per heavy atom. The summed E-state index contributed by atoms with van der Waals surface area (Å²) in [5.74, 6) is -0.0256. The molecule has 1 aromatic carbocycles. The van der Waals surface area contributed by atoms with E-state index in [1.165, 1.54) is 19.2 Å². The molecule has 2 rings (SSSR count). The summed E-state index contributed by atoms with van der Waals surface area (Å²) in [6.07, 6.45) is 1.81. The van der Waals surface area contributed by atoms with Gasteiger partial charge >= 0.3 is 0 Å². The zero-order valence-electron chi connectivity index (χ0n) is 12.3. The molecule has 1 heterocycles. The fourth-order valence-electron chi connectivity index (χ4n) is 2.61. The van der Waals surface area contributed by atoms with Crippen molar-refractivity contribution in [3.63, 3.8) is 0 Å². The monoisotopic (exact) mass is 316 g/mol. The topological polar surface area (TPSA) is 55.6 Å². The van der Waals surface area contributed by atoms with Crippen molar-refractivity contribution in [1.82, 2.24) is 4.90 Å². The summed E-state index contributed by atoms with van der Waals surface area (Å²) in [4.78, 5) is 14.1. The van der Waals surface area contributed by atoms with Crippen LogP contribution in [0, 0.1) is 11.7 Å². The van der Waals surface area contributed by atoms with Crippen molar-refractivity contribution in [3.8, 4) is 5.75 Å². The minimum absolute atomic E-state index is 0. The van der Waals surface area contributed by atoms with E-state index in [0.29, 0.717) is 24.6 Å². The standard InChI is InChI=1S/C15H21FN2O2.ClH/c1-10(17)11-5-7-18(8-6-11)15(19)12-3-4-14(20-2)13(16)9-12;/h3-4,9-11H,5-8,17H2,1-2H3;1H. The molecule has 0 radical (unpaired) electrons. The summed E-state index contributed by atoms with van der Waals surface area (Å²) in [5.41, 5.74) is 6.25. The summed E-state index contributed by atoms with van der Waals surface area (Å²) in [7, 11) is 1.40. The molecule has 4 nitrogen and oxygen atoms in total. The maximum Gasteiger partial charge on any atom is 0.253 e. The van der Waals surface area contributed by atoms with E-state index in [1.807, 2.05) is 6.92 Å². The van der Waals surface area contributed by atoms with Gasteiger partial charge in [0, 0.05) is 24.7 Å². The molecule has 0 spiro atoms. The third-order valence-electron chi connectivity index (χ3n) is 3.97. The number of piperidine rings is 1. The Morgan fingerprint density at radius 2 is 2.05 bits per heavy atom. The van der Waals surface area contributed by atoms with Crippen LogP contribution in [0.2, 0.25) is 0 Å². The molecule has 6 heteroatoms. The first kappa shape index (κ1) is 17.7. The highest BCUT2D eigenvalue weighted by Crippen LogP contribution is 2.23. The predicted octanol–water partition coefficient (Wildman–Crippen LogP) is 2.46. The van der Waals surface area contributed by atoms with Gasteiger partial charge in [0.1, 0.15) is 0 Å². The number of nitrogens with zero attached hydrogens (tertiary/aromatic N) is 1. The molecule has 118 valence electrons. The highest BCUT2D eigenvalue weighted by Gasteiger charge is 2.25. The molecule has 21 heavy (non-hydrogen) atoms. The van der Waals surface area contributed by atoms with Gasteiger partial charge in [0.15, 0.2) is 11.6 Å². The van der Waals surface area contributed by atoms with Crippen molar-refractivity contribution in [2.75, 3.05) is 20.2 Å². The van der Waals surface area contributed by atoms with Gasteiger partial charge in [-0.05, 0) is 43.9 Å². The Hall–Kier alpha value is -1.33. The minimum Gasteiger partial charge on any atom is -0.494 e. The zero-order chi connectivity index (χ0) is 14.7. The van der Waals surface area contributed by atoms with Crippen molar-refractivity contribution in [3.05, 3.63) is 29.6 Å². The van der Waals surface area contributed by atoms with Crippen molar-refractivity contribution in [2.45, 2.75) is 25.8 Å². The molecule has 0 saturated carbocycles. The van der Waals surface area contributed by atoms with Gasteiger partial charge in [0.05, 0.1) is 7.11 Å². The quantitative estimate of drug-likeness (QED) is 0.932. The average molecular weight is 317 g/mol. The summed E-state index contributed by atoms with van der Waals surface area (Å²) < 4.78 is 18.5.